The second kappa shape index (κ2) is 5.35. The normalized spacial score (nSPS) is 12.5. The molecule has 108 valence electrons. The van der Waals surface area contributed by atoms with E-state index in [1.807, 2.05) is 35.9 Å². The molecule has 1 N–H and O–H groups in total. The highest BCUT2D eigenvalue weighted by molar-refractivity contribution is 5.79. The molecule has 7 heteroatoms. The number of rotatable bonds is 4. The topological polar surface area (TPSA) is 77.1 Å². The fourth-order valence-corrected chi connectivity index (χ4v) is 2.08. The lowest BCUT2D eigenvalue weighted by Gasteiger charge is -2.10. The Kier molecular flexibility index (Phi) is 3.39. The summed E-state index contributed by atoms with van der Waals surface area (Å²) in [5.41, 5.74) is 2.85. The molecule has 7 nitrogen and oxygen atoms in total. The quantitative estimate of drug-likeness (QED) is 0.778. The molecule has 0 saturated carbocycles. The molecular weight excluding hydrogens is 268 g/mol. The zero-order valence-electron chi connectivity index (χ0n) is 11.9. The van der Waals surface area contributed by atoms with E-state index in [0.717, 1.165) is 16.9 Å². The molecule has 0 aliphatic rings. The van der Waals surface area contributed by atoms with Crippen LogP contribution in [0.4, 0.5) is 0 Å². The number of amides is 1. The van der Waals surface area contributed by atoms with Gasteiger partial charge in [-0.1, -0.05) is 0 Å². The van der Waals surface area contributed by atoms with E-state index in [0.29, 0.717) is 6.54 Å². The number of imidazole rings is 1. The second-order valence-electron chi connectivity index (χ2n) is 4.97. The summed E-state index contributed by atoms with van der Waals surface area (Å²) in [4.78, 5) is 20.4. The van der Waals surface area contributed by atoms with Gasteiger partial charge in [0.2, 0.25) is 5.91 Å². The van der Waals surface area contributed by atoms with Crippen LogP contribution in [0.5, 0.6) is 0 Å². The van der Waals surface area contributed by atoms with Crippen LogP contribution in [0, 0.1) is 6.92 Å². The van der Waals surface area contributed by atoms with Gasteiger partial charge in [0.15, 0.2) is 0 Å². The first-order chi connectivity index (χ1) is 10.1. The Bertz CT molecular complexity index is 761. The molecule has 3 rings (SSSR count). The van der Waals surface area contributed by atoms with Crippen molar-refractivity contribution in [1.29, 1.82) is 0 Å². The number of aromatic nitrogens is 5. The number of hydrogen-bond acceptors (Lipinski definition) is 4. The van der Waals surface area contributed by atoms with Crippen molar-refractivity contribution < 1.29 is 4.79 Å². The van der Waals surface area contributed by atoms with Gasteiger partial charge < -0.3 is 9.72 Å². The van der Waals surface area contributed by atoms with Crippen LogP contribution in [0.2, 0.25) is 0 Å². The molecule has 1 unspecified atom stereocenters. The highest BCUT2D eigenvalue weighted by atomic mass is 16.2. The molecule has 1 amide bonds. The SMILES string of the molecule is Cc1ccn2cc(CNC(=O)C(C)n3cncn3)nc2c1. The lowest BCUT2D eigenvalue weighted by Crippen LogP contribution is -2.30. The molecule has 3 aromatic rings. The molecule has 21 heavy (non-hydrogen) atoms. The molecule has 0 fully saturated rings. The minimum atomic E-state index is -0.397. The van der Waals surface area contributed by atoms with E-state index in [1.165, 1.54) is 17.3 Å². The summed E-state index contributed by atoms with van der Waals surface area (Å²) in [5, 5.41) is 6.82. The van der Waals surface area contributed by atoms with Crippen LogP contribution in [0.25, 0.3) is 5.65 Å². The molecule has 0 spiro atoms. The first-order valence-corrected chi connectivity index (χ1v) is 6.69. The van der Waals surface area contributed by atoms with E-state index in [2.05, 4.69) is 20.4 Å². The van der Waals surface area contributed by atoms with Gasteiger partial charge in [0.05, 0.1) is 12.2 Å². The average Bonchev–Trinajstić information content (AvgIpc) is 3.12. The Hall–Kier alpha value is -2.70. The largest absolute Gasteiger partial charge is 0.349 e. The summed E-state index contributed by atoms with van der Waals surface area (Å²) >= 11 is 0. The maximum atomic E-state index is 12.0. The number of aryl methyl sites for hydroxylation is 1. The summed E-state index contributed by atoms with van der Waals surface area (Å²) < 4.78 is 3.46. The summed E-state index contributed by atoms with van der Waals surface area (Å²) in [5.74, 6) is -0.117. The van der Waals surface area contributed by atoms with Crippen molar-refractivity contribution in [3.8, 4) is 0 Å². The molecule has 0 radical (unpaired) electrons. The summed E-state index contributed by atoms with van der Waals surface area (Å²) in [7, 11) is 0. The fraction of sp³-hybridized carbons (Fsp3) is 0.286. The Labute approximate surface area is 121 Å². The summed E-state index contributed by atoms with van der Waals surface area (Å²) in [6.45, 7) is 4.19. The molecule has 3 heterocycles. The van der Waals surface area contributed by atoms with Crippen molar-refractivity contribution in [2.75, 3.05) is 0 Å². The highest BCUT2D eigenvalue weighted by Crippen LogP contribution is 2.08. The number of carbonyl (C=O) groups is 1. The van der Waals surface area contributed by atoms with Crippen molar-refractivity contribution in [2.24, 2.45) is 0 Å². The minimum Gasteiger partial charge on any atom is -0.349 e. The van der Waals surface area contributed by atoms with Crippen molar-refractivity contribution >= 4 is 11.6 Å². The van der Waals surface area contributed by atoms with Crippen LogP contribution in [0.15, 0.2) is 37.2 Å². The van der Waals surface area contributed by atoms with Gasteiger partial charge in [0.1, 0.15) is 24.3 Å². The molecule has 0 aliphatic carbocycles. The molecule has 0 aromatic carbocycles. The fourth-order valence-electron chi connectivity index (χ4n) is 2.08. The number of hydrogen-bond donors (Lipinski definition) is 1. The van der Waals surface area contributed by atoms with E-state index >= 15 is 0 Å². The molecule has 0 bridgehead atoms. The maximum Gasteiger partial charge on any atom is 0.244 e. The first-order valence-electron chi connectivity index (χ1n) is 6.69. The van der Waals surface area contributed by atoms with E-state index < -0.39 is 6.04 Å². The Morgan fingerprint density at radius 1 is 1.48 bits per heavy atom. The van der Waals surface area contributed by atoms with Gasteiger partial charge in [0.25, 0.3) is 0 Å². The standard InChI is InChI=1S/C14H16N6O/c1-10-3-4-19-7-12(18-13(19)5-10)6-16-14(21)11(2)20-9-15-8-17-20/h3-5,7-9,11H,6H2,1-2H3,(H,16,21). The van der Waals surface area contributed by atoms with Crippen LogP contribution in [0.1, 0.15) is 24.2 Å². The Balaban J connectivity index is 1.67. The van der Waals surface area contributed by atoms with Crippen LogP contribution in [-0.2, 0) is 11.3 Å². The zero-order valence-corrected chi connectivity index (χ0v) is 11.9. The van der Waals surface area contributed by atoms with Gasteiger partial charge in [-0.15, -0.1) is 0 Å². The highest BCUT2D eigenvalue weighted by Gasteiger charge is 2.15. The minimum absolute atomic E-state index is 0.117. The van der Waals surface area contributed by atoms with Gasteiger partial charge in [0, 0.05) is 12.4 Å². The molecule has 0 aliphatic heterocycles. The number of nitrogens with one attached hydrogen (secondary N) is 1. The van der Waals surface area contributed by atoms with Gasteiger partial charge in [-0.2, -0.15) is 5.10 Å². The van der Waals surface area contributed by atoms with Crippen LogP contribution in [-0.4, -0.2) is 30.1 Å². The molecule has 3 aromatic heterocycles. The summed E-state index contributed by atoms with van der Waals surface area (Å²) in [6.07, 6.45) is 6.81. The van der Waals surface area contributed by atoms with Crippen molar-refractivity contribution in [3.63, 3.8) is 0 Å². The predicted molar refractivity (Wildman–Crippen MR) is 76.5 cm³/mol. The van der Waals surface area contributed by atoms with Gasteiger partial charge in [-0.05, 0) is 31.5 Å². The third-order valence-electron chi connectivity index (χ3n) is 3.32. The monoisotopic (exact) mass is 284 g/mol. The van der Waals surface area contributed by atoms with Crippen molar-refractivity contribution in [1.82, 2.24) is 29.5 Å². The molecule has 1 atom stereocenters. The third kappa shape index (κ3) is 2.76. The van der Waals surface area contributed by atoms with Gasteiger partial charge in [-0.25, -0.2) is 14.6 Å². The smallest absolute Gasteiger partial charge is 0.244 e. The van der Waals surface area contributed by atoms with Crippen molar-refractivity contribution in [3.05, 3.63) is 48.4 Å². The predicted octanol–water partition coefficient (Wildman–Crippen LogP) is 1.11. The molecular formula is C14H16N6O. The number of fused-ring (bicyclic) bond motifs is 1. The number of carbonyl (C=O) groups excluding carboxylic acids is 1. The third-order valence-corrected chi connectivity index (χ3v) is 3.32. The van der Waals surface area contributed by atoms with E-state index in [4.69, 9.17) is 0 Å². The zero-order chi connectivity index (χ0) is 14.8. The van der Waals surface area contributed by atoms with Crippen molar-refractivity contribution in [2.45, 2.75) is 26.4 Å². The lowest BCUT2D eigenvalue weighted by molar-refractivity contribution is -0.124. The van der Waals surface area contributed by atoms with E-state index in [9.17, 15) is 4.79 Å². The molecule has 0 saturated heterocycles. The van der Waals surface area contributed by atoms with Crippen LogP contribution < -0.4 is 5.32 Å². The Morgan fingerprint density at radius 3 is 3.10 bits per heavy atom. The first kappa shape index (κ1) is 13.3. The van der Waals surface area contributed by atoms with E-state index in [-0.39, 0.29) is 5.91 Å². The maximum absolute atomic E-state index is 12.0. The van der Waals surface area contributed by atoms with Gasteiger partial charge in [-0.3, -0.25) is 4.79 Å². The number of nitrogens with zero attached hydrogens (tertiary/aromatic N) is 5. The summed E-state index contributed by atoms with van der Waals surface area (Å²) in [6, 6.07) is 3.62. The van der Waals surface area contributed by atoms with Crippen LogP contribution in [0.3, 0.4) is 0 Å². The van der Waals surface area contributed by atoms with Gasteiger partial charge >= 0.3 is 0 Å². The van der Waals surface area contributed by atoms with E-state index in [1.54, 1.807) is 6.92 Å². The van der Waals surface area contributed by atoms with Crippen LogP contribution >= 0.6 is 0 Å². The second-order valence-corrected chi connectivity index (χ2v) is 4.97. The Morgan fingerprint density at radius 2 is 2.33 bits per heavy atom. The lowest BCUT2D eigenvalue weighted by atomic mass is 10.3. The number of pyridine rings is 1. The average molecular weight is 284 g/mol.